The molecule has 3 rings (SSSR count). The molecule has 6 nitrogen and oxygen atoms in total. The standard InChI is InChI=1S/C16H17BrF3N5O/c1-24-5-4-13(23-24)15(26)22-11-2-6-25(7-3-11)14-12(16(18,19)20)8-10(17)9-21-14/h4-5,8-9,11H,2-3,6-7H2,1H3,(H,22,26). The van der Waals surface area contributed by atoms with Crippen molar-refractivity contribution >= 4 is 27.7 Å². The van der Waals surface area contributed by atoms with E-state index in [-0.39, 0.29) is 22.2 Å². The first-order chi connectivity index (χ1) is 12.2. The van der Waals surface area contributed by atoms with E-state index in [1.165, 1.54) is 10.9 Å². The highest BCUT2D eigenvalue weighted by molar-refractivity contribution is 9.10. The Balaban J connectivity index is 1.65. The van der Waals surface area contributed by atoms with Gasteiger partial charge >= 0.3 is 6.18 Å². The highest BCUT2D eigenvalue weighted by Crippen LogP contribution is 2.37. The Morgan fingerprint density at radius 3 is 2.62 bits per heavy atom. The first-order valence-corrected chi connectivity index (χ1v) is 8.81. The summed E-state index contributed by atoms with van der Waals surface area (Å²) < 4.78 is 41.6. The lowest BCUT2D eigenvalue weighted by atomic mass is 10.0. The van der Waals surface area contributed by atoms with E-state index in [0.29, 0.717) is 31.6 Å². The molecule has 3 heterocycles. The number of aryl methyl sites for hydroxylation is 1. The first kappa shape index (κ1) is 18.7. The van der Waals surface area contributed by atoms with Crippen LogP contribution in [0.1, 0.15) is 28.9 Å². The SMILES string of the molecule is Cn1ccc(C(=O)NC2CCN(c3ncc(Br)cc3C(F)(F)F)CC2)n1. The molecule has 2 aromatic rings. The third kappa shape index (κ3) is 4.17. The van der Waals surface area contributed by atoms with E-state index in [2.05, 4.69) is 31.3 Å². The fourth-order valence-electron chi connectivity index (χ4n) is 2.92. The van der Waals surface area contributed by atoms with Crippen molar-refractivity contribution in [1.82, 2.24) is 20.1 Å². The number of pyridine rings is 1. The van der Waals surface area contributed by atoms with Crippen molar-refractivity contribution in [2.45, 2.75) is 25.1 Å². The van der Waals surface area contributed by atoms with E-state index in [1.54, 1.807) is 24.2 Å². The maximum absolute atomic E-state index is 13.3. The quantitative estimate of drug-likeness (QED) is 0.811. The molecule has 26 heavy (non-hydrogen) atoms. The van der Waals surface area contributed by atoms with Crippen molar-refractivity contribution in [2.24, 2.45) is 7.05 Å². The Hall–Kier alpha value is -2.10. The number of hydrogen-bond donors (Lipinski definition) is 1. The Morgan fingerprint density at radius 1 is 1.35 bits per heavy atom. The number of amides is 1. The lowest BCUT2D eigenvalue weighted by molar-refractivity contribution is -0.137. The van der Waals surface area contributed by atoms with E-state index in [9.17, 15) is 18.0 Å². The molecule has 1 aliphatic heterocycles. The van der Waals surface area contributed by atoms with Gasteiger partial charge in [-0.1, -0.05) is 0 Å². The molecule has 0 aromatic carbocycles. The van der Waals surface area contributed by atoms with Gasteiger partial charge in [0.15, 0.2) is 0 Å². The second kappa shape index (κ2) is 7.26. The molecule has 0 radical (unpaired) electrons. The topological polar surface area (TPSA) is 63.1 Å². The summed E-state index contributed by atoms with van der Waals surface area (Å²) in [7, 11) is 1.72. The summed E-state index contributed by atoms with van der Waals surface area (Å²) in [5.74, 6) is -0.350. The normalized spacial score (nSPS) is 16.0. The molecule has 10 heteroatoms. The zero-order valence-corrected chi connectivity index (χ0v) is 15.5. The third-order valence-electron chi connectivity index (χ3n) is 4.21. The number of hydrogen-bond acceptors (Lipinski definition) is 4. The number of piperidine rings is 1. The Morgan fingerprint density at radius 2 is 2.04 bits per heavy atom. The van der Waals surface area contributed by atoms with Crippen LogP contribution in [-0.2, 0) is 13.2 Å². The Bertz CT molecular complexity index is 799. The number of rotatable bonds is 3. The van der Waals surface area contributed by atoms with Gasteiger partial charge in [-0.15, -0.1) is 0 Å². The van der Waals surface area contributed by atoms with Gasteiger partial charge in [-0.2, -0.15) is 18.3 Å². The van der Waals surface area contributed by atoms with Gasteiger partial charge in [0, 0.05) is 43.0 Å². The minimum atomic E-state index is -4.48. The molecule has 0 atom stereocenters. The van der Waals surface area contributed by atoms with Gasteiger partial charge in [0.05, 0.1) is 5.56 Å². The largest absolute Gasteiger partial charge is 0.419 e. The summed E-state index contributed by atoms with van der Waals surface area (Å²) in [6.07, 6.45) is -0.369. The summed E-state index contributed by atoms with van der Waals surface area (Å²) in [5.41, 5.74) is -0.438. The molecule has 1 N–H and O–H groups in total. The summed E-state index contributed by atoms with van der Waals surface area (Å²) in [4.78, 5) is 17.7. The number of alkyl halides is 3. The van der Waals surface area contributed by atoms with Gasteiger partial charge in [-0.25, -0.2) is 4.98 Å². The molecule has 1 saturated heterocycles. The van der Waals surface area contributed by atoms with Crippen molar-refractivity contribution in [3.63, 3.8) is 0 Å². The second-order valence-electron chi connectivity index (χ2n) is 6.13. The molecule has 0 aliphatic carbocycles. The van der Waals surface area contributed by atoms with E-state index in [1.807, 2.05) is 0 Å². The van der Waals surface area contributed by atoms with Crippen molar-refractivity contribution in [2.75, 3.05) is 18.0 Å². The zero-order chi connectivity index (χ0) is 18.9. The number of carbonyl (C=O) groups is 1. The first-order valence-electron chi connectivity index (χ1n) is 8.02. The van der Waals surface area contributed by atoms with Crippen LogP contribution in [0, 0.1) is 0 Å². The number of nitrogens with zero attached hydrogens (tertiary/aromatic N) is 4. The number of aromatic nitrogens is 3. The van der Waals surface area contributed by atoms with Crippen LogP contribution in [0.25, 0.3) is 0 Å². The number of nitrogens with one attached hydrogen (secondary N) is 1. The van der Waals surface area contributed by atoms with Crippen molar-refractivity contribution in [1.29, 1.82) is 0 Å². The van der Waals surface area contributed by atoms with E-state index >= 15 is 0 Å². The van der Waals surface area contributed by atoms with Crippen LogP contribution in [-0.4, -0.2) is 39.8 Å². The van der Waals surface area contributed by atoms with Gasteiger partial charge in [0.25, 0.3) is 5.91 Å². The molecule has 1 amide bonds. The molecule has 1 fully saturated rings. The summed E-state index contributed by atoms with van der Waals surface area (Å²) in [6, 6.07) is 2.55. The molecule has 140 valence electrons. The van der Waals surface area contributed by atoms with Crippen LogP contribution in [0.4, 0.5) is 19.0 Å². The molecular weight excluding hydrogens is 415 g/mol. The van der Waals surface area contributed by atoms with E-state index in [4.69, 9.17) is 0 Å². The molecule has 0 unspecified atom stereocenters. The predicted molar refractivity (Wildman–Crippen MR) is 92.8 cm³/mol. The smallest absolute Gasteiger partial charge is 0.356 e. The minimum absolute atomic E-state index is 0.0739. The van der Waals surface area contributed by atoms with Crippen molar-refractivity contribution in [3.05, 3.63) is 40.3 Å². The molecule has 2 aromatic heterocycles. The Labute approximate surface area is 156 Å². The monoisotopic (exact) mass is 431 g/mol. The fraction of sp³-hybridized carbons (Fsp3) is 0.438. The fourth-order valence-corrected chi connectivity index (χ4v) is 3.26. The van der Waals surface area contributed by atoms with Gasteiger partial charge in [0.1, 0.15) is 11.5 Å². The maximum Gasteiger partial charge on any atom is 0.419 e. The van der Waals surface area contributed by atoms with Crippen LogP contribution in [0.15, 0.2) is 29.0 Å². The molecule has 0 spiro atoms. The maximum atomic E-state index is 13.3. The van der Waals surface area contributed by atoms with E-state index in [0.717, 1.165) is 6.07 Å². The number of anilines is 1. The summed E-state index contributed by atoms with van der Waals surface area (Å²) in [5, 5.41) is 6.92. The van der Waals surface area contributed by atoms with Crippen LogP contribution in [0.2, 0.25) is 0 Å². The lowest BCUT2D eigenvalue weighted by Gasteiger charge is -2.34. The molecular formula is C16H17BrF3N5O. The average molecular weight is 432 g/mol. The average Bonchev–Trinajstić information content (AvgIpc) is 3.01. The number of halogens is 4. The number of carbonyl (C=O) groups excluding carboxylic acids is 1. The molecule has 1 aliphatic rings. The van der Waals surface area contributed by atoms with Gasteiger partial charge < -0.3 is 10.2 Å². The highest BCUT2D eigenvalue weighted by atomic mass is 79.9. The molecule has 0 saturated carbocycles. The van der Waals surface area contributed by atoms with Crippen LogP contribution in [0.3, 0.4) is 0 Å². The lowest BCUT2D eigenvalue weighted by Crippen LogP contribution is -2.45. The van der Waals surface area contributed by atoms with Gasteiger partial charge in [-0.05, 0) is 40.9 Å². The van der Waals surface area contributed by atoms with E-state index < -0.39 is 11.7 Å². The molecule has 0 bridgehead atoms. The third-order valence-corrected chi connectivity index (χ3v) is 4.65. The highest BCUT2D eigenvalue weighted by Gasteiger charge is 2.37. The Kier molecular flexibility index (Phi) is 5.22. The van der Waals surface area contributed by atoms with Crippen LogP contribution < -0.4 is 10.2 Å². The summed E-state index contributed by atoms with van der Waals surface area (Å²) in [6.45, 7) is 0.760. The van der Waals surface area contributed by atoms with Gasteiger partial charge in [0.2, 0.25) is 0 Å². The van der Waals surface area contributed by atoms with Gasteiger partial charge in [-0.3, -0.25) is 9.48 Å². The van der Waals surface area contributed by atoms with Crippen LogP contribution >= 0.6 is 15.9 Å². The van der Waals surface area contributed by atoms with Crippen molar-refractivity contribution < 1.29 is 18.0 Å². The minimum Gasteiger partial charge on any atom is -0.356 e. The zero-order valence-electron chi connectivity index (χ0n) is 13.9. The second-order valence-corrected chi connectivity index (χ2v) is 7.05. The summed E-state index contributed by atoms with van der Waals surface area (Å²) >= 11 is 3.04. The van der Waals surface area contributed by atoms with Crippen LogP contribution in [0.5, 0.6) is 0 Å². The van der Waals surface area contributed by atoms with Crippen molar-refractivity contribution in [3.8, 4) is 0 Å². The predicted octanol–water partition coefficient (Wildman–Crippen LogP) is 3.00.